The van der Waals surface area contributed by atoms with Gasteiger partial charge in [0.05, 0.1) is 24.4 Å². The molecule has 0 fully saturated rings. The summed E-state index contributed by atoms with van der Waals surface area (Å²) in [7, 11) is 1.32. The van der Waals surface area contributed by atoms with E-state index in [1.807, 2.05) is 18.2 Å². The Morgan fingerprint density at radius 2 is 2.14 bits per heavy atom. The number of anilines is 1. The molecule has 108 valence electrons. The molecule has 1 aliphatic heterocycles. The number of rotatable bonds is 3. The summed E-state index contributed by atoms with van der Waals surface area (Å²) in [6.07, 6.45) is 0. The van der Waals surface area contributed by atoms with Crippen molar-refractivity contribution in [2.75, 3.05) is 18.2 Å². The number of carbonyl (C=O) groups is 1. The van der Waals surface area contributed by atoms with Crippen LogP contribution in [0.2, 0.25) is 0 Å². The first-order valence-electron chi connectivity index (χ1n) is 6.55. The molecule has 0 aromatic heterocycles. The number of ether oxygens (including phenoxy) is 1. The van der Waals surface area contributed by atoms with Crippen molar-refractivity contribution in [1.29, 1.82) is 0 Å². The number of nitrogens with one attached hydrogen (secondary N) is 1. The van der Waals surface area contributed by atoms with Crippen LogP contribution in [-0.4, -0.2) is 18.8 Å². The second kappa shape index (κ2) is 5.77. The molecule has 5 heteroatoms. The molecule has 1 aliphatic rings. The van der Waals surface area contributed by atoms with Crippen LogP contribution in [0.1, 0.15) is 22.0 Å². The molecular weight excluding hydrogens is 289 g/mol. The molecule has 0 radical (unpaired) electrons. The highest BCUT2D eigenvalue weighted by atomic mass is 32.2. The molecule has 2 aromatic rings. The highest BCUT2D eigenvalue weighted by molar-refractivity contribution is 7.99. The lowest BCUT2D eigenvalue weighted by atomic mass is 10.1. The first-order chi connectivity index (χ1) is 10.2. The van der Waals surface area contributed by atoms with E-state index in [1.165, 1.54) is 35.8 Å². The van der Waals surface area contributed by atoms with Gasteiger partial charge in [-0.2, -0.15) is 0 Å². The molecule has 0 spiro atoms. The van der Waals surface area contributed by atoms with Crippen molar-refractivity contribution in [2.45, 2.75) is 10.9 Å². The maximum Gasteiger partial charge on any atom is 0.339 e. The topological polar surface area (TPSA) is 38.3 Å². The van der Waals surface area contributed by atoms with Gasteiger partial charge >= 0.3 is 5.97 Å². The molecule has 0 saturated carbocycles. The largest absolute Gasteiger partial charge is 0.465 e. The zero-order valence-electron chi connectivity index (χ0n) is 11.4. The fraction of sp³-hybridized carbons (Fsp3) is 0.188. The van der Waals surface area contributed by atoms with Crippen LogP contribution in [0, 0.1) is 5.82 Å². The number of benzene rings is 2. The van der Waals surface area contributed by atoms with Crippen molar-refractivity contribution in [2.24, 2.45) is 0 Å². The fourth-order valence-electron chi connectivity index (χ4n) is 2.39. The smallest absolute Gasteiger partial charge is 0.339 e. The third-order valence-corrected chi connectivity index (χ3v) is 4.60. The van der Waals surface area contributed by atoms with Crippen LogP contribution < -0.4 is 5.32 Å². The maximum absolute atomic E-state index is 13.5. The summed E-state index contributed by atoms with van der Waals surface area (Å²) in [6.45, 7) is 0. The predicted octanol–water partition coefficient (Wildman–Crippen LogP) is 3.87. The van der Waals surface area contributed by atoms with Gasteiger partial charge in [0.1, 0.15) is 5.82 Å². The Kier molecular flexibility index (Phi) is 3.84. The van der Waals surface area contributed by atoms with Crippen LogP contribution in [-0.2, 0) is 4.74 Å². The first-order valence-corrected chi connectivity index (χ1v) is 7.53. The predicted molar refractivity (Wildman–Crippen MR) is 81.3 cm³/mol. The standard InChI is InChI=1S/C16H14FNO2S/c1-20-16(19)12-7-6-10(17)8-13(12)18-14-9-21-15-5-3-2-4-11(14)15/h2-8,14,18H,9H2,1H3. The summed E-state index contributed by atoms with van der Waals surface area (Å²) in [5.41, 5.74) is 1.97. The Bertz CT molecular complexity index is 690. The molecule has 3 rings (SSSR count). The second-order valence-electron chi connectivity index (χ2n) is 4.73. The molecule has 1 N–H and O–H groups in total. The van der Waals surface area contributed by atoms with Gasteiger partial charge < -0.3 is 10.1 Å². The normalized spacial score (nSPS) is 16.4. The average Bonchev–Trinajstić information content (AvgIpc) is 2.90. The van der Waals surface area contributed by atoms with E-state index < -0.39 is 5.97 Å². The van der Waals surface area contributed by atoms with Crippen molar-refractivity contribution in [3.8, 4) is 0 Å². The Morgan fingerprint density at radius 1 is 1.33 bits per heavy atom. The maximum atomic E-state index is 13.5. The molecule has 0 bridgehead atoms. The number of fused-ring (bicyclic) bond motifs is 1. The molecule has 2 aromatic carbocycles. The van der Waals surface area contributed by atoms with Gasteiger partial charge in [0.2, 0.25) is 0 Å². The molecule has 0 amide bonds. The van der Waals surface area contributed by atoms with E-state index in [-0.39, 0.29) is 11.9 Å². The van der Waals surface area contributed by atoms with E-state index >= 15 is 0 Å². The number of carbonyl (C=O) groups excluding carboxylic acids is 1. The zero-order valence-corrected chi connectivity index (χ0v) is 12.2. The number of thioether (sulfide) groups is 1. The number of hydrogen-bond acceptors (Lipinski definition) is 4. The minimum absolute atomic E-state index is 0.0522. The van der Waals surface area contributed by atoms with Crippen molar-refractivity contribution >= 4 is 23.4 Å². The summed E-state index contributed by atoms with van der Waals surface area (Å²) in [6, 6.07) is 12.2. The summed E-state index contributed by atoms with van der Waals surface area (Å²) in [5, 5.41) is 3.26. The third-order valence-electron chi connectivity index (χ3n) is 3.42. The van der Waals surface area contributed by atoms with Crippen molar-refractivity contribution in [1.82, 2.24) is 0 Å². The Morgan fingerprint density at radius 3 is 2.95 bits per heavy atom. The molecule has 1 unspecified atom stereocenters. The van der Waals surface area contributed by atoms with E-state index in [9.17, 15) is 9.18 Å². The summed E-state index contributed by atoms with van der Waals surface area (Å²) >= 11 is 1.75. The molecule has 0 saturated heterocycles. The van der Waals surface area contributed by atoms with Gasteiger partial charge in [-0.05, 0) is 29.8 Å². The minimum Gasteiger partial charge on any atom is -0.465 e. The Labute approximate surface area is 126 Å². The second-order valence-corrected chi connectivity index (χ2v) is 5.79. The monoisotopic (exact) mass is 303 g/mol. The van der Waals surface area contributed by atoms with Gasteiger partial charge in [-0.25, -0.2) is 9.18 Å². The molecule has 21 heavy (non-hydrogen) atoms. The third kappa shape index (κ3) is 2.74. The van der Waals surface area contributed by atoms with Crippen LogP contribution in [0.3, 0.4) is 0 Å². The number of hydrogen-bond donors (Lipinski definition) is 1. The number of halogens is 1. The number of esters is 1. The van der Waals surface area contributed by atoms with E-state index in [4.69, 9.17) is 4.74 Å². The zero-order chi connectivity index (χ0) is 14.8. The summed E-state index contributed by atoms with van der Waals surface area (Å²) < 4.78 is 18.2. The van der Waals surface area contributed by atoms with E-state index in [2.05, 4.69) is 11.4 Å². The van der Waals surface area contributed by atoms with Gasteiger partial charge in [0.15, 0.2) is 0 Å². The number of methoxy groups -OCH3 is 1. The van der Waals surface area contributed by atoms with Gasteiger partial charge in [-0.3, -0.25) is 0 Å². The molecule has 3 nitrogen and oxygen atoms in total. The Balaban J connectivity index is 1.92. The van der Waals surface area contributed by atoms with Crippen molar-refractivity contribution in [3.63, 3.8) is 0 Å². The van der Waals surface area contributed by atoms with Crippen LogP contribution in [0.4, 0.5) is 10.1 Å². The summed E-state index contributed by atoms with van der Waals surface area (Å²) in [5.74, 6) is -0.0169. The lowest BCUT2D eigenvalue weighted by Crippen LogP contribution is -2.14. The molecule has 1 heterocycles. The molecule has 0 aliphatic carbocycles. The van der Waals surface area contributed by atoms with Crippen LogP contribution in [0.25, 0.3) is 0 Å². The van der Waals surface area contributed by atoms with Crippen LogP contribution >= 0.6 is 11.8 Å². The lowest BCUT2D eigenvalue weighted by molar-refractivity contribution is 0.0601. The highest BCUT2D eigenvalue weighted by Gasteiger charge is 2.24. The minimum atomic E-state index is -0.476. The van der Waals surface area contributed by atoms with Gasteiger partial charge in [-0.1, -0.05) is 18.2 Å². The average molecular weight is 303 g/mol. The van der Waals surface area contributed by atoms with Crippen LogP contribution in [0.15, 0.2) is 47.4 Å². The first kappa shape index (κ1) is 13.9. The SMILES string of the molecule is COC(=O)c1ccc(F)cc1NC1CSc2ccccc21. The van der Waals surface area contributed by atoms with Gasteiger partial charge in [0.25, 0.3) is 0 Å². The van der Waals surface area contributed by atoms with E-state index in [0.717, 1.165) is 5.75 Å². The quantitative estimate of drug-likeness (QED) is 0.874. The molecular formula is C16H14FNO2S. The molecule has 1 atom stereocenters. The van der Waals surface area contributed by atoms with Crippen LogP contribution in [0.5, 0.6) is 0 Å². The Hall–Kier alpha value is -2.01. The summed E-state index contributed by atoms with van der Waals surface area (Å²) in [4.78, 5) is 13.0. The van der Waals surface area contributed by atoms with Crippen molar-refractivity contribution in [3.05, 3.63) is 59.4 Å². The van der Waals surface area contributed by atoms with E-state index in [0.29, 0.717) is 11.3 Å². The lowest BCUT2D eigenvalue weighted by Gasteiger charge is -2.17. The van der Waals surface area contributed by atoms with E-state index in [1.54, 1.807) is 11.8 Å². The van der Waals surface area contributed by atoms with Crippen molar-refractivity contribution < 1.29 is 13.9 Å². The van der Waals surface area contributed by atoms with Gasteiger partial charge in [-0.15, -0.1) is 11.8 Å². The highest BCUT2D eigenvalue weighted by Crippen LogP contribution is 2.40. The van der Waals surface area contributed by atoms with Gasteiger partial charge in [0, 0.05) is 10.6 Å². The fourth-order valence-corrected chi connectivity index (χ4v) is 3.55.